The molecule has 2 aliphatic rings. The molecule has 8 heteroatoms. The van der Waals surface area contributed by atoms with Gasteiger partial charge in [-0.15, -0.1) is 0 Å². The summed E-state index contributed by atoms with van der Waals surface area (Å²) in [5.41, 5.74) is 0.313. The lowest BCUT2D eigenvalue weighted by molar-refractivity contribution is 0.0758. The molecule has 3 rings (SSSR count). The molecule has 0 unspecified atom stereocenters. The van der Waals surface area contributed by atoms with Gasteiger partial charge in [0.2, 0.25) is 10.0 Å². The highest BCUT2D eigenvalue weighted by Gasteiger charge is 2.25. The number of piperidine rings is 1. The second-order valence-corrected chi connectivity index (χ2v) is 11.3. The minimum absolute atomic E-state index is 0.108. The molecule has 180 valence electrons. The highest BCUT2D eigenvalue weighted by Crippen LogP contribution is 2.25. The van der Waals surface area contributed by atoms with Crippen molar-refractivity contribution >= 4 is 15.9 Å². The molecule has 7 nitrogen and oxygen atoms in total. The van der Waals surface area contributed by atoms with Crippen molar-refractivity contribution in [2.45, 2.75) is 57.3 Å². The molecule has 1 aromatic rings. The molecule has 1 N–H and O–H groups in total. The van der Waals surface area contributed by atoms with Crippen molar-refractivity contribution < 1.29 is 17.9 Å². The van der Waals surface area contributed by atoms with Crippen molar-refractivity contribution in [2.24, 2.45) is 11.8 Å². The number of sulfonamides is 1. The van der Waals surface area contributed by atoms with E-state index in [1.165, 1.54) is 25.7 Å². The molecule has 2 saturated heterocycles. The zero-order valence-corrected chi connectivity index (χ0v) is 20.6. The highest BCUT2D eigenvalue weighted by atomic mass is 32.2. The fourth-order valence-electron chi connectivity index (χ4n) is 5.03. The van der Waals surface area contributed by atoms with Crippen LogP contribution in [-0.4, -0.2) is 70.5 Å². The number of nitrogens with zero attached hydrogens (tertiary/aromatic N) is 2. The first kappa shape index (κ1) is 25.0. The summed E-state index contributed by atoms with van der Waals surface area (Å²) in [6, 6.07) is 4.55. The number of ether oxygens (including phenoxy) is 1. The standard InChI is InChI=1S/C24H39N3O4S/c1-19-15-20(2)18-26(17-19)12-8-11-25-32(29,30)21-9-10-23(31-3)22(16-21)24(28)27-13-6-4-5-7-14-27/h9-10,16,19-20,25H,4-8,11-15,17-18H2,1-3H3/t19-,20-/m1/s1. The molecule has 2 aliphatic heterocycles. The van der Waals surface area contributed by atoms with Crippen molar-refractivity contribution in [1.29, 1.82) is 0 Å². The largest absolute Gasteiger partial charge is 0.496 e. The van der Waals surface area contributed by atoms with Crippen molar-refractivity contribution in [3.05, 3.63) is 23.8 Å². The van der Waals surface area contributed by atoms with Crippen molar-refractivity contribution in [1.82, 2.24) is 14.5 Å². The van der Waals surface area contributed by atoms with Crippen LogP contribution in [0.15, 0.2) is 23.1 Å². The molecule has 1 amide bonds. The van der Waals surface area contributed by atoms with E-state index < -0.39 is 10.0 Å². The maximum absolute atomic E-state index is 13.1. The lowest BCUT2D eigenvalue weighted by Gasteiger charge is -2.34. The van der Waals surface area contributed by atoms with Gasteiger partial charge in [0.1, 0.15) is 5.75 Å². The average molecular weight is 466 g/mol. The third-order valence-electron chi connectivity index (χ3n) is 6.49. The molecular weight excluding hydrogens is 426 g/mol. The van der Waals surface area contributed by atoms with Gasteiger partial charge >= 0.3 is 0 Å². The molecule has 2 fully saturated rings. The third kappa shape index (κ3) is 6.68. The van der Waals surface area contributed by atoms with Gasteiger partial charge in [-0.25, -0.2) is 13.1 Å². The number of benzene rings is 1. The van der Waals surface area contributed by atoms with Gasteiger partial charge in [-0.05, 0) is 62.3 Å². The van der Waals surface area contributed by atoms with Gasteiger partial charge in [0.15, 0.2) is 0 Å². The lowest BCUT2D eigenvalue weighted by atomic mass is 9.92. The predicted molar refractivity (Wildman–Crippen MR) is 127 cm³/mol. The number of carbonyl (C=O) groups is 1. The van der Waals surface area contributed by atoms with E-state index in [0.717, 1.165) is 51.7 Å². The van der Waals surface area contributed by atoms with Crippen LogP contribution in [0.3, 0.4) is 0 Å². The lowest BCUT2D eigenvalue weighted by Crippen LogP contribution is -2.40. The van der Waals surface area contributed by atoms with Crippen LogP contribution in [0.5, 0.6) is 5.75 Å². The Morgan fingerprint density at radius 1 is 1.09 bits per heavy atom. The number of hydrogen-bond donors (Lipinski definition) is 1. The summed E-state index contributed by atoms with van der Waals surface area (Å²) in [7, 11) is -2.20. The zero-order valence-electron chi connectivity index (χ0n) is 19.8. The van der Waals surface area contributed by atoms with E-state index in [4.69, 9.17) is 4.74 Å². The van der Waals surface area contributed by atoms with Gasteiger partial charge in [-0.3, -0.25) is 4.79 Å². The minimum atomic E-state index is -3.70. The molecule has 2 atom stereocenters. The van der Waals surface area contributed by atoms with Gasteiger partial charge in [0.05, 0.1) is 17.6 Å². The van der Waals surface area contributed by atoms with E-state index in [1.54, 1.807) is 6.07 Å². The Morgan fingerprint density at radius 3 is 2.38 bits per heavy atom. The van der Waals surface area contributed by atoms with Crippen molar-refractivity contribution in [2.75, 3.05) is 46.4 Å². The summed E-state index contributed by atoms with van der Waals surface area (Å²) < 4.78 is 33.9. The fourth-order valence-corrected chi connectivity index (χ4v) is 6.13. The van der Waals surface area contributed by atoms with E-state index in [1.807, 2.05) is 4.90 Å². The normalized spacial score (nSPS) is 23.0. The maximum atomic E-state index is 13.1. The summed E-state index contributed by atoms with van der Waals surface area (Å²) in [5, 5.41) is 0. The molecule has 1 aromatic carbocycles. The van der Waals surface area contributed by atoms with E-state index in [2.05, 4.69) is 23.5 Å². The fraction of sp³-hybridized carbons (Fsp3) is 0.708. The number of carbonyl (C=O) groups excluding carboxylic acids is 1. The van der Waals surface area contributed by atoms with Crippen LogP contribution < -0.4 is 9.46 Å². The summed E-state index contributed by atoms with van der Waals surface area (Å²) in [4.78, 5) is 17.5. The molecular formula is C24H39N3O4S. The van der Waals surface area contributed by atoms with Crippen LogP contribution in [0.4, 0.5) is 0 Å². The monoisotopic (exact) mass is 465 g/mol. The van der Waals surface area contributed by atoms with Crippen LogP contribution in [0.1, 0.15) is 62.7 Å². The first-order valence-corrected chi connectivity index (χ1v) is 13.5. The molecule has 0 aliphatic carbocycles. The van der Waals surface area contributed by atoms with Crippen LogP contribution in [0, 0.1) is 11.8 Å². The van der Waals surface area contributed by atoms with Crippen LogP contribution in [0.25, 0.3) is 0 Å². The van der Waals surface area contributed by atoms with Crippen molar-refractivity contribution in [3.8, 4) is 5.75 Å². The Balaban J connectivity index is 1.63. The number of nitrogens with one attached hydrogen (secondary N) is 1. The van der Waals surface area contributed by atoms with Gasteiger partial charge < -0.3 is 14.5 Å². The summed E-state index contributed by atoms with van der Waals surface area (Å²) >= 11 is 0. The third-order valence-corrected chi connectivity index (χ3v) is 7.95. The van der Waals surface area contributed by atoms with Gasteiger partial charge in [0, 0.05) is 32.7 Å². The molecule has 32 heavy (non-hydrogen) atoms. The minimum Gasteiger partial charge on any atom is -0.496 e. The molecule has 0 saturated carbocycles. The number of amides is 1. The Labute approximate surface area is 193 Å². The summed E-state index contributed by atoms with van der Waals surface area (Å²) in [5.74, 6) is 1.63. The summed E-state index contributed by atoms with van der Waals surface area (Å²) in [6.45, 7) is 9.38. The van der Waals surface area contributed by atoms with Gasteiger partial charge in [0.25, 0.3) is 5.91 Å². The first-order valence-electron chi connectivity index (χ1n) is 12.0. The Kier molecular flexibility index (Phi) is 8.96. The number of rotatable bonds is 8. The van der Waals surface area contributed by atoms with E-state index in [0.29, 0.717) is 42.8 Å². The number of likely N-dealkylation sites (tertiary alicyclic amines) is 2. The Morgan fingerprint density at radius 2 is 1.75 bits per heavy atom. The molecule has 0 spiro atoms. The van der Waals surface area contributed by atoms with Gasteiger partial charge in [-0.1, -0.05) is 26.7 Å². The molecule has 2 heterocycles. The second-order valence-electron chi connectivity index (χ2n) is 9.53. The molecule has 0 aromatic heterocycles. The zero-order chi connectivity index (χ0) is 23.1. The SMILES string of the molecule is COc1ccc(S(=O)(=O)NCCCN2C[C@H](C)C[C@@H](C)C2)cc1C(=O)N1CCCCCC1. The maximum Gasteiger partial charge on any atom is 0.257 e. The smallest absolute Gasteiger partial charge is 0.257 e. The van der Waals surface area contributed by atoms with Crippen LogP contribution in [-0.2, 0) is 10.0 Å². The van der Waals surface area contributed by atoms with Gasteiger partial charge in [-0.2, -0.15) is 0 Å². The Hall–Kier alpha value is -1.64. The number of hydrogen-bond acceptors (Lipinski definition) is 5. The van der Waals surface area contributed by atoms with E-state index in [-0.39, 0.29) is 10.8 Å². The second kappa shape index (κ2) is 11.5. The highest BCUT2D eigenvalue weighted by molar-refractivity contribution is 7.89. The molecule has 0 radical (unpaired) electrons. The van der Waals surface area contributed by atoms with Crippen molar-refractivity contribution in [3.63, 3.8) is 0 Å². The predicted octanol–water partition coefficient (Wildman–Crippen LogP) is 3.36. The van der Waals surface area contributed by atoms with E-state index in [9.17, 15) is 13.2 Å². The van der Waals surface area contributed by atoms with E-state index >= 15 is 0 Å². The van der Waals surface area contributed by atoms with Crippen LogP contribution in [0.2, 0.25) is 0 Å². The average Bonchev–Trinajstić information content (AvgIpc) is 3.05. The van der Waals surface area contributed by atoms with Crippen LogP contribution >= 0.6 is 0 Å². The quantitative estimate of drug-likeness (QED) is 0.596. The number of methoxy groups -OCH3 is 1. The summed E-state index contributed by atoms with van der Waals surface area (Å²) in [6.07, 6.45) is 6.21. The topological polar surface area (TPSA) is 79.0 Å². The first-order chi connectivity index (χ1) is 15.3. The molecule has 0 bridgehead atoms. The Bertz CT molecular complexity index is 856.